The lowest BCUT2D eigenvalue weighted by Crippen LogP contribution is -2.51. The highest BCUT2D eigenvalue weighted by molar-refractivity contribution is 7.92. The number of benzene rings is 2. The SMILES string of the molecule is CN(C)S(=O)(=O)c1ccc(OCCNC(=O)[C@@H]2CN(S(C)(=O)=O)c3cc(C(C)(C)C)ccc3O2)cc1. The molecule has 12 heteroatoms. The van der Waals surface area contributed by atoms with Gasteiger partial charge >= 0.3 is 0 Å². The van der Waals surface area contributed by atoms with Gasteiger partial charge in [-0.1, -0.05) is 26.8 Å². The zero-order chi connectivity index (χ0) is 26.9. The molecule has 0 spiro atoms. The van der Waals surface area contributed by atoms with Gasteiger partial charge in [-0.25, -0.2) is 21.1 Å². The summed E-state index contributed by atoms with van der Waals surface area (Å²) in [7, 11) is -4.27. The number of amides is 1. The fraction of sp³-hybridized carbons (Fsp3) is 0.458. The molecule has 1 N–H and O–H groups in total. The third kappa shape index (κ3) is 6.29. The van der Waals surface area contributed by atoms with Gasteiger partial charge in [-0.05, 0) is 47.4 Å². The van der Waals surface area contributed by atoms with Crippen LogP contribution in [0.3, 0.4) is 0 Å². The van der Waals surface area contributed by atoms with Gasteiger partial charge in [0.1, 0.15) is 18.1 Å². The van der Waals surface area contributed by atoms with Crippen molar-refractivity contribution in [2.45, 2.75) is 37.2 Å². The van der Waals surface area contributed by atoms with E-state index in [4.69, 9.17) is 9.47 Å². The van der Waals surface area contributed by atoms with E-state index in [2.05, 4.69) is 5.32 Å². The van der Waals surface area contributed by atoms with Crippen LogP contribution in [0, 0.1) is 0 Å². The predicted octanol–water partition coefficient (Wildman–Crippen LogP) is 1.96. The summed E-state index contributed by atoms with van der Waals surface area (Å²) in [6, 6.07) is 11.3. The smallest absolute Gasteiger partial charge is 0.263 e. The van der Waals surface area contributed by atoms with Crippen molar-refractivity contribution >= 4 is 31.6 Å². The van der Waals surface area contributed by atoms with E-state index in [9.17, 15) is 21.6 Å². The number of fused-ring (bicyclic) bond motifs is 1. The van der Waals surface area contributed by atoms with Crippen LogP contribution >= 0.6 is 0 Å². The van der Waals surface area contributed by atoms with Crippen molar-refractivity contribution in [1.82, 2.24) is 9.62 Å². The van der Waals surface area contributed by atoms with Gasteiger partial charge < -0.3 is 14.8 Å². The molecule has 0 saturated heterocycles. The van der Waals surface area contributed by atoms with E-state index in [1.54, 1.807) is 12.1 Å². The van der Waals surface area contributed by atoms with E-state index in [0.717, 1.165) is 16.1 Å². The number of anilines is 1. The molecule has 1 aliphatic rings. The van der Waals surface area contributed by atoms with Crippen LogP contribution in [0.2, 0.25) is 0 Å². The Morgan fingerprint density at radius 3 is 2.31 bits per heavy atom. The van der Waals surface area contributed by atoms with Crippen molar-refractivity contribution in [1.29, 1.82) is 0 Å². The highest BCUT2D eigenvalue weighted by atomic mass is 32.2. The number of sulfonamides is 2. The van der Waals surface area contributed by atoms with E-state index < -0.39 is 32.1 Å². The van der Waals surface area contributed by atoms with Gasteiger partial charge in [-0.15, -0.1) is 0 Å². The molecule has 0 fully saturated rings. The van der Waals surface area contributed by atoms with Gasteiger partial charge in [0.25, 0.3) is 5.91 Å². The van der Waals surface area contributed by atoms with Crippen molar-refractivity contribution in [3.05, 3.63) is 48.0 Å². The first-order valence-electron chi connectivity index (χ1n) is 11.3. The van der Waals surface area contributed by atoms with Crippen molar-refractivity contribution in [2.75, 3.05) is 44.4 Å². The Morgan fingerprint density at radius 2 is 1.75 bits per heavy atom. The van der Waals surface area contributed by atoms with Crippen molar-refractivity contribution in [2.24, 2.45) is 0 Å². The molecule has 3 rings (SSSR count). The minimum atomic E-state index is -3.65. The number of hydrogen-bond acceptors (Lipinski definition) is 7. The maximum atomic E-state index is 12.8. The number of nitrogens with one attached hydrogen (secondary N) is 1. The molecule has 36 heavy (non-hydrogen) atoms. The number of nitrogens with zero attached hydrogens (tertiary/aromatic N) is 2. The Kier molecular flexibility index (Phi) is 7.92. The summed E-state index contributed by atoms with van der Waals surface area (Å²) in [4.78, 5) is 12.9. The molecule has 10 nitrogen and oxygen atoms in total. The third-order valence-electron chi connectivity index (χ3n) is 5.66. The van der Waals surface area contributed by atoms with Gasteiger partial charge in [0.15, 0.2) is 6.10 Å². The normalized spacial score (nSPS) is 16.3. The van der Waals surface area contributed by atoms with Crippen LogP contribution < -0.4 is 19.1 Å². The largest absolute Gasteiger partial charge is 0.492 e. The molecule has 198 valence electrons. The first-order valence-corrected chi connectivity index (χ1v) is 14.6. The summed E-state index contributed by atoms with van der Waals surface area (Å²) in [5.74, 6) is 0.303. The van der Waals surface area contributed by atoms with Crippen LogP contribution in [0.1, 0.15) is 26.3 Å². The maximum absolute atomic E-state index is 12.8. The second-order valence-corrected chi connectivity index (χ2v) is 13.8. The number of rotatable bonds is 8. The molecule has 0 bridgehead atoms. The molecular weight excluding hydrogens is 506 g/mol. The molecule has 0 aliphatic carbocycles. The van der Waals surface area contributed by atoms with Gasteiger partial charge in [0.05, 0.1) is 29.9 Å². The highest BCUT2D eigenvalue weighted by Crippen LogP contribution is 2.38. The fourth-order valence-corrected chi connectivity index (χ4v) is 5.35. The van der Waals surface area contributed by atoms with E-state index in [0.29, 0.717) is 17.2 Å². The summed E-state index contributed by atoms with van der Waals surface area (Å²) in [5.41, 5.74) is 1.18. The fourth-order valence-electron chi connectivity index (χ4n) is 3.54. The van der Waals surface area contributed by atoms with Gasteiger partial charge in [-0.2, -0.15) is 0 Å². The molecule has 0 aromatic heterocycles. The number of hydrogen-bond donors (Lipinski definition) is 1. The quantitative estimate of drug-likeness (QED) is 0.509. The number of carbonyl (C=O) groups is 1. The zero-order valence-corrected chi connectivity index (χ0v) is 22.9. The zero-order valence-electron chi connectivity index (χ0n) is 21.3. The molecule has 2 aromatic rings. The van der Waals surface area contributed by atoms with Gasteiger partial charge in [0.2, 0.25) is 20.0 Å². The summed E-state index contributed by atoms with van der Waals surface area (Å²) in [6.07, 6.45) is 0.0761. The third-order valence-corrected chi connectivity index (χ3v) is 8.64. The highest BCUT2D eigenvalue weighted by Gasteiger charge is 2.35. The Balaban J connectivity index is 1.61. The Hall–Kier alpha value is -2.83. The van der Waals surface area contributed by atoms with Crippen molar-refractivity contribution in [3.8, 4) is 11.5 Å². The van der Waals surface area contributed by atoms with Crippen LogP contribution in [0.5, 0.6) is 11.5 Å². The molecule has 1 aliphatic heterocycles. The minimum absolute atomic E-state index is 0.125. The van der Waals surface area contributed by atoms with Gasteiger partial charge in [0, 0.05) is 14.1 Å². The molecule has 1 atom stereocenters. The minimum Gasteiger partial charge on any atom is -0.492 e. The van der Waals surface area contributed by atoms with Crippen molar-refractivity contribution in [3.63, 3.8) is 0 Å². The Morgan fingerprint density at radius 1 is 1.11 bits per heavy atom. The first-order chi connectivity index (χ1) is 16.6. The first kappa shape index (κ1) is 27.8. The van der Waals surface area contributed by atoms with Crippen LogP contribution in [-0.2, 0) is 30.3 Å². The van der Waals surface area contributed by atoms with E-state index >= 15 is 0 Å². The molecule has 1 amide bonds. The summed E-state index contributed by atoms with van der Waals surface area (Å²) < 4.78 is 63.0. The van der Waals surface area contributed by atoms with Gasteiger partial charge in [-0.3, -0.25) is 9.10 Å². The Labute approximate surface area is 213 Å². The van der Waals surface area contributed by atoms with Crippen LogP contribution in [-0.4, -0.2) is 73.2 Å². The average Bonchev–Trinajstić information content (AvgIpc) is 2.79. The predicted molar refractivity (Wildman–Crippen MR) is 138 cm³/mol. The standard InChI is InChI=1S/C24H33N3O7S2/c1-24(2,3)17-7-12-21-20(15-17)27(35(6,29)30)16-22(34-21)23(28)25-13-14-33-18-8-10-19(11-9-18)36(31,32)26(4)5/h7-12,15,22H,13-14,16H2,1-6H3,(H,25,28)/t22-/m0/s1. The summed E-state index contributed by atoms with van der Waals surface area (Å²) in [5, 5.41) is 2.70. The van der Waals surface area contributed by atoms with E-state index in [-0.39, 0.29) is 30.0 Å². The summed E-state index contributed by atoms with van der Waals surface area (Å²) in [6.45, 7) is 6.21. The molecular formula is C24H33N3O7S2. The van der Waals surface area contributed by atoms with Crippen molar-refractivity contribution < 1.29 is 31.1 Å². The van der Waals surface area contributed by atoms with Crippen LogP contribution in [0.25, 0.3) is 0 Å². The molecule has 1 heterocycles. The second-order valence-electron chi connectivity index (χ2n) is 9.73. The van der Waals surface area contributed by atoms with Crippen LogP contribution in [0.15, 0.2) is 47.4 Å². The summed E-state index contributed by atoms with van der Waals surface area (Å²) >= 11 is 0. The monoisotopic (exact) mass is 539 g/mol. The maximum Gasteiger partial charge on any atom is 0.263 e. The number of ether oxygens (including phenoxy) is 2. The van der Waals surface area contributed by atoms with Crippen LogP contribution in [0.4, 0.5) is 5.69 Å². The lowest BCUT2D eigenvalue weighted by atomic mass is 9.86. The molecule has 0 unspecified atom stereocenters. The number of carbonyl (C=O) groups excluding carboxylic acids is 1. The molecule has 2 aromatic carbocycles. The lowest BCUT2D eigenvalue weighted by Gasteiger charge is -2.35. The Bertz CT molecular complexity index is 1320. The molecule has 0 saturated carbocycles. The van der Waals surface area contributed by atoms with E-state index in [1.807, 2.05) is 26.8 Å². The second kappa shape index (κ2) is 10.3. The van der Waals surface area contributed by atoms with E-state index in [1.165, 1.54) is 42.7 Å². The lowest BCUT2D eigenvalue weighted by molar-refractivity contribution is -0.127. The topological polar surface area (TPSA) is 122 Å². The average molecular weight is 540 g/mol. The molecule has 0 radical (unpaired) electrons.